The Hall–Kier alpha value is -1.64. The maximum absolute atomic E-state index is 12.2. The Kier molecular flexibility index (Phi) is 2.55. The number of rotatable bonds is 0. The van der Waals surface area contributed by atoms with Crippen molar-refractivity contribution in [3.8, 4) is 0 Å². The summed E-state index contributed by atoms with van der Waals surface area (Å²) in [5.74, 6) is 2.71. The van der Waals surface area contributed by atoms with E-state index in [2.05, 4.69) is 26.0 Å². The van der Waals surface area contributed by atoms with Gasteiger partial charge in [0.05, 0.1) is 0 Å². The molecule has 7 atom stereocenters. The van der Waals surface area contributed by atoms with Crippen molar-refractivity contribution in [1.29, 1.82) is 0 Å². The largest absolute Gasteiger partial charge is 0.458 e. The first kappa shape index (κ1) is 16.2. The van der Waals surface area contributed by atoms with Crippen LogP contribution in [-0.4, -0.2) is 17.4 Å². The molecular weight excluding hydrogens is 348 g/mol. The molecule has 0 radical (unpaired) electrons. The van der Waals surface area contributed by atoms with Gasteiger partial charge in [-0.25, -0.2) is 0 Å². The number of ketones is 1. The minimum absolute atomic E-state index is 0.0236. The van der Waals surface area contributed by atoms with Gasteiger partial charge in [0.15, 0.2) is 5.78 Å². The molecule has 0 bridgehead atoms. The van der Waals surface area contributed by atoms with Gasteiger partial charge in [0.25, 0.3) is 0 Å². The maximum atomic E-state index is 12.2. The molecule has 7 rings (SSSR count). The van der Waals surface area contributed by atoms with Gasteiger partial charge in [0.2, 0.25) is 0 Å². The van der Waals surface area contributed by atoms with E-state index in [4.69, 9.17) is 4.74 Å². The fraction of sp³-hybridized carbons (Fsp3) is 0.680. The van der Waals surface area contributed by atoms with Crippen LogP contribution in [0.2, 0.25) is 0 Å². The van der Waals surface area contributed by atoms with Crippen molar-refractivity contribution >= 4 is 11.8 Å². The van der Waals surface area contributed by atoms with Gasteiger partial charge in [-0.05, 0) is 86.3 Å². The summed E-state index contributed by atoms with van der Waals surface area (Å²) in [4.78, 5) is 24.4. The van der Waals surface area contributed by atoms with Crippen LogP contribution in [0.25, 0.3) is 0 Å². The van der Waals surface area contributed by atoms with E-state index in [1.807, 2.05) is 6.08 Å². The fourth-order valence-electron chi connectivity index (χ4n) is 8.92. The number of carbonyl (C=O) groups is 2. The van der Waals surface area contributed by atoms with Crippen molar-refractivity contribution in [2.24, 2.45) is 39.9 Å². The predicted octanol–water partition coefficient (Wildman–Crippen LogP) is 4.54. The lowest BCUT2D eigenvalue weighted by Gasteiger charge is -2.57. The molecule has 28 heavy (non-hydrogen) atoms. The van der Waals surface area contributed by atoms with Crippen molar-refractivity contribution in [2.75, 3.05) is 0 Å². The number of esters is 1. The number of carbonyl (C=O) groups excluding carboxylic acids is 2. The van der Waals surface area contributed by atoms with Crippen molar-refractivity contribution in [1.82, 2.24) is 0 Å². The number of fused-ring (bicyclic) bond motifs is 10. The second-order valence-electron chi connectivity index (χ2n) is 11.3. The van der Waals surface area contributed by atoms with Crippen molar-refractivity contribution in [3.63, 3.8) is 0 Å². The third-order valence-electron chi connectivity index (χ3n) is 10.2. The highest BCUT2D eigenvalue weighted by molar-refractivity contribution is 6.01. The van der Waals surface area contributed by atoms with Crippen molar-refractivity contribution < 1.29 is 14.3 Å². The van der Waals surface area contributed by atoms with Crippen LogP contribution in [0.4, 0.5) is 0 Å². The van der Waals surface area contributed by atoms with Crippen LogP contribution in [-0.2, 0) is 14.3 Å². The lowest BCUT2D eigenvalue weighted by Crippen LogP contribution is -2.54. The molecule has 3 heteroatoms. The van der Waals surface area contributed by atoms with Crippen LogP contribution in [0.5, 0.6) is 0 Å². The minimum Gasteiger partial charge on any atom is -0.458 e. The standard InChI is InChI=1S/C25H28O3/c1-22-6-3-14(26)11-19(22)24(9-10-24)13-16-17(22)4-7-23(2)21(16)15-12-18(15)25(23)8-5-20(27)28-25/h3-4,6,11,15-16,18,21H,5,7-10,12-13H2,1-2H3/t15-,16?,18?,21?,22-,23+,25+/m1/s1. The van der Waals surface area contributed by atoms with E-state index in [9.17, 15) is 9.59 Å². The van der Waals surface area contributed by atoms with Gasteiger partial charge in [-0.1, -0.05) is 24.6 Å². The van der Waals surface area contributed by atoms with E-state index < -0.39 is 0 Å². The monoisotopic (exact) mass is 376 g/mol. The average Bonchev–Trinajstić information content (AvgIpc) is 3.55. The van der Waals surface area contributed by atoms with Crippen LogP contribution in [0.1, 0.15) is 58.8 Å². The Morgan fingerprint density at radius 1 is 1.14 bits per heavy atom. The van der Waals surface area contributed by atoms with Gasteiger partial charge >= 0.3 is 5.97 Å². The molecule has 6 aliphatic carbocycles. The molecule has 1 saturated heterocycles. The van der Waals surface area contributed by atoms with E-state index in [1.165, 1.54) is 31.3 Å². The van der Waals surface area contributed by atoms with Gasteiger partial charge in [-0.2, -0.15) is 0 Å². The zero-order valence-electron chi connectivity index (χ0n) is 16.8. The zero-order valence-corrected chi connectivity index (χ0v) is 16.8. The molecule has 0 amide bonds. The van der Waals surface area contributed by atoms with E-state index in [1.54, 1.807) is 11.6 Å². The van der Waals surface area contributed by atoms with Crippen molar-refractivity contribution in [3.05, 3.63) is 35.5 Å². The van der Waals surface area contributed by atoms with Crippen LogP contribution >= 0.6 is 0 Å². The first-order valence-electron chi connectivity index (χ1n) is 11.2. The molecule has 1 heterocycles. The Balaban J connectivity index is 1.39. The van der Waals surface area contributed by atoms with E-state index >= 15 is 0 Å². The lowest BCUT2D eigenvalue weighted by atomic mass is 9.47. The van der Waals surface area contributed by atoms with Crippen LogP contribution in [0, 0.1) is 39.9 Å². The number of hydrogen-bond acceptors (Lipinski definition) is 3. The Labute approximate surface area is 166 Å². The maximum Gasteiger partial charge on any atom is 0.306 e. The molecule has 4 saturated carbocycles. The summed E-state index contributed by atoms with van der Waals surface area (Å²) in [6.07, 6.45) is 15.9. The third kappa shape index (κ3) is 1.56. The predicted molar refractivity (Wildman–Crippen MR) is 104 cm³/mol. The normalized spacial score (nSPS) is 53.8. The van der Waals surface area contributed by atoms with Gasteiger partial charge in [0.1, 0.15) is 5.60 Å². The van der Waals surface area contributed by atoms with Crippen LogP contribution < -0.4 is 0 Å². The number of ether oxygens (including phenoxy) is 1. The van der Waals surface area contributed by atoms with Crippen LogP contribution in [0.3, 0.4) is 0 Å². The van der Waals surface area contributed by atoms with E-state index in [-0.39, 0.29) is 33.6 Å². The quantitative estimate of drug-likeness (QED) is 0.461. The molecule has 3 nitrogen and oxygen atoms in total. The average molecular weight is 376 g/mol. The summed E-state index contributed by atoms with van der Waals surface area (Å²) >= 11 is 0. The molecular formula is C25H28O3. The fourth-order valence-corrected chi connectivity index (χ4v) is 8.92. The topological polar surface area (TPSA) is 43.4 Å². The van der Waals surface area contributed by atoms with Gasteiger partial charge < -0.3 is 4.74 Å². The highest BCUT2D eigenvalue weighted by Crippen LogP contribution is 2.80. The second-order valence-corrected chi connectivity index (χ2v) is 11.3. The second kappa shape index (κ2) is 4.42. The summed E-state index contributed by atoms with van der Waals surface area (Å²) in [5.41, 5.74) is 3.01. The third-order valence-corrected chi connectivity index (χ3v) is 10.2. The molecule has 0 aromatic heterocycles. The summed E-state index contributed by atoms with van der Waals surface area (Å²) in [7, 11) is 0. The zero-order chi connectivity index (χ0) is 19.1. The summed E-state index contributed by atoms with van der Waals surface area (Å²) < 4.78 is 6.19. The first-order valence-corrected chi connectivity index (χ1v) is 11.2. The molecule has 0 N–H and O–H groups in total. The highest BCUT2D eigenvalue weighted by Gasteiger charge is 2.79. The molecule has 3 unspecified atom stereocenters. The molecule has 146 valence electrons. The molecule has 7 aliphatic rings. The van der Waals surface area contributed by atoms with Crippen molar-refractivity contribution in [2.45, 2.75) is 64.4 Å². The van der Waals surface area contributed by atoms with Gasteiger partial charge in [0, 0.05) is 23.2 Å². The van der Waals surface area contributed by atoms with Crippen LogP contribution in [0.15, 0.2) is 35.5 Å². The Morgan fingerprint density at radius 2 is 1.96 bits per heavy atom. The van der Waals surface area contributed by atoms with Gasteiger partial charge in [-0.15, -0.1) is 0 Å². The summed E-state index contributed by atoms with van der Waals surface area (Å²) in [6, 6.07) is 0. The lowest BCUT2D eigenvalue weighted by molar-refractivity contribution is -0.166. The Bertz CT molecular complexity index is 949. The molecule has 1 aliphatic heterocycles. The minimum atomic E-state index is -0.201. The van der Waals surface area contributed by atoms with Gasteiger partial charge in [-0.3, -0.25) is 9.59 Å². The number of allylic oxidation sites excluding steroid dienone is 6. The highest BCUT2D eigenvalue weighted by atomic mass is 16.6. The number of hydrogen-bond donors (Lipinski definition) is 0. The summed E-state index contributed by atoms with van der Waals surface area (Å²) in [5, 5.41) is 0. The van der Waals surface area contributed by atoms with E-state index in [0.717, 1.165) is 18.8 Å². The summed E-state index contributed by atoms with van der Waals surface area (Å²) in [6.45, 7) is 4.79. The molecule has 0 aromatic carbocycles. The smallest absolute Gasteiger partial charge is 0.306 e. The first-order chi connectivity index (χ1) is 13.3. The van der Waals surface area contributed by atoms with E-state index in [0.29, 0.717) is 24.2 Å². The Morgan fingerprint density at radius 3 is 2.68 bits per heavy atom. The molecule has 0 aromatic rings. The SMILES string of the molecule is C[C@]12C=CC(=O)C=C1C1(CC1)CC1C2=CC[C@@]2(C)C1[C@@H]1CC1[C@@]21CCC(=O)O1. The molecule has 5 fully saturated rings. The molecule has 2 spiro atoms.